The second kappa shape index (κ2) is 9.04. The van der Waals surface area contributed by atoms with Crippen LogP contribution in [0.15, 0.2) is 85.5 Å². The van der Waals surface area contributed by atoms with Crippen molar-refractivity contribution in [3.8, 4) is 5.75 Å². The lowest BCUT2D eigenvalue weighted by atomic mass is 10.1. The third-order valence-electron chi connectivity index (χ3n) is 4.73. The average Bonchev–Trinajstić information content (AvgIpc) is 2.82. The van der Waals surface area contributed by atoms with E-state index in [2.05, 4.69) is 20.3 Å². The van der Waals surface area contributed by atoms with E-state index in [4.69, 9.17) is 4.74 Å². The zero-order valence-electron chi connectivity index (χ0n) is 17.2. The van der Waals surface area contributed by atoms with E-state index in [1.165, 1.54) is 0 Å². The third kappa shape index (κ3) is 4.35. The average molecular weight is 411 g/mol. The molecule has 2 aromatic heterocycles. The fraction of sp³-hybridized carbons (Fsp3) is 0.0833. The molecule has 0 fully saturated rings. The smallest absolute Gasteiger partial charge is 0.259 e. The van der Waals surface area contributed by atoms with Gasteiger partial charge in [0.2, 0.25) is 5.95 Å². The largest absolute Gasteiger partial charge is 0.496 e. The van der Waals surface area contributed by atoms with Gasteiger partial charge in [-0.3, -0.25) is 14.7 Å². The lowest BCUT2D eigenvalue weighted by Gasteiger charge is -2.25. The van der Waals surface area contributed by atoms with Crippen LogP contribution in [0.4, 0.5) is 23.0 Å². The highest BCUT2D eigenvalue weighted by molar-refractivity contribution is 6.06. The minimum atomic E-state index is -0.251. The highest BCUT2D eigenvalue weighted by Gasteiger charge is 2.18. The molecule has 0 bridgehead atoms. The van der Waals surface area contributed by atoms with Crippen LogP contribution in [-0.2, 0) is 0 Å². The van der Waals surface area contributed by atoms with Crippen molar-refractivity contribution < 1.29 is 9.53 Å². The Morgan fingerprint density at radius 2 is 1.68 bits per heavy atom. The number of aromatic nitrogens is 3. The second-order valence-corrected chi connectivity index (χ2v) is 6.75. The standard InChI is InChI=1S/C24H21N5O2/c1-17-8-9-18(28-23(30)20-6-3-4-7-22(20)31-2)16-21(17)29(19-10-14-25-15-11-19)24-26-12-5-13-27-24/h3-16H,1-2H3,(H,28,30). The van der Waals surface area contributed by atoms with Crippen molar-refractivity contribution in [1.29, 1.82) is 0 Å². The second-order valence-electron chi connectivity index (χ2n) is 6.75. The topological polar surface area (TPSA) is 80.2 Å². The number of nitrogens with one attached hydrogen (secondary N) is 1. The first-order valence-corrected chi connectivity index (χ1v) is 9.69. The SMILES string of the molecule is COc1ccccc1C(=O)Nc1ccc(C)c(N(c2ccncc2)c2ncccn2)c1. The van der Waals surface area contributed by atoms with Crippen molar-refractivity contribution in [2.45, 2.75) is 6.92 Å². The van der Waals surface area contributed by atoms with E-state index in [1.54, 1.807) is 56.2 Å². The van der Waals surface area contributed by atoms with Crippen LogP contribution < -0.4 is 15.0 Å². The monoisotopic (exact) mass is 411 g/mol. The Hall–Kier alpha value is -4.26. The predicted octanol–water partition coefficient (Wildman–Crippen LogP) is 4.91. The Morgan fingerprint density at radius 1 is 0.935 bits per heavy atom. The number of ether oxygens (including phenoxy) is 1. The molecule has 1 amide bonds. The summed E-state index contributed by atoms with van der Waals surface area (Å²) in [5, 5.41) is 2.96. The van der Waals surface area contributed by atoms with E-state index in [-0.39, 0.29) is 5.91 Å². The summed E-state index contributed by atoms with van der Waals surface area (Å²) in [6, 6.07) is 18.4. The van der Waals surface area contributed by atoms with E-state index in [0.717, 1.165) is 16.9 Å². The van der Waals surface area contributed by atoms with Gasteiger partial charge in [-0.1, -0.05) is 18.2 Å². The van der Waals surface area contributed by atoms with Crippen LogP contribution in [0.5, 0.6) is 5.75 Å². The number of anilines is 4. The van der Waals surface area contributed by atoms with Gasteiger partial charge in [-0.15, -0.1) is 0 Å². The molecular weight excluding hydrogens is 390 g/mol. The van der Waals surface area contributed by atoms with E-state index in [9.17, 15) is 4.79 Å². The first-order valence-electron chi connectivity index (χ1n) is 9.69. The first kappa shape index (κ1) is 20.0. The van der Waals surface area contributed by atoms with Gasteiger partial charge in [-0.25, -0.2) is 9.97 Å². The molecule has 0 saturated carbocycles. The number of pyridine rings is 1. The van der Waals surface area contributed by atoms with Crippen molar-refractivity contribution in [1.82, 2.24) is 15.0 Å². The summed E-state index contributed by atoms with van der Waals surface area (Å²) < 4.78 is 5.31. The highest BCUT2D eigenvalue weighted by Crippen LogP contribution is 2.35. The summed E-state index contributed by atoms with van der Waals surface area (Å²) in [4.78, 5) is 27.7. The van der Waals surface area contributed by atoms with E-state index in [1.807, 2.05) is 48.2 Å². The number of carbonyl (C=O) groups excluding carboxylic acids is 1. The molecule has 2 aromatic carbocycles. The van der Waals surface area contributed by atoms with Gasteiger partial charge < -0.3 is 10.1 Å². The van der Waals surface area contributed by atoms with Crippen molar-refractivity contribution in [3.63, 3.8) is 0 Å². The molecule has 4 aromatic rings. The molecule has 4 rings (SSSR count). The van der Waals surface area contributed by atoms with E-state index >= 15 is 0 Å². The minimum Gasteiger partial charge on any atom is -0.496 e. The van der Waals surface area contributed by atoms with E-state index < -0.39 is 0 Å². The van der Waals surface area contributed by atoms with Gasteiger partial charge in [0.1, 0.15) is 5.75 Å². The molecule has 0 saturated heterocycles. The number of hydrogen-bond donors (Lipinski definition) is 1. The Morgan fingerprint density at radius 3 is 2.42 bits per heavy atom. The van der Waals surface area contributed by atoms with Gasteiger partial charge in [0, 0.05) is 30.5 Å². The van der Waals surface area contributed by atoms with Gasteiger partial charge in [0.05, 0.1) is 24.0 Å². The molecular formula is C24H21N5O2. The fourth-order valence-corrected chi connectivity index (χ4v) is 3.22. The Balaban J connectivity index is 1.73. The van der Waals surface area contributed by atoms with Crippen molar-refractivity contribution in [2.24, 2.45) is 0 Å². The number of benzene rings is 2. The number of carbonyl (C=O) groups is 1. The molecule has 154 valence electrons. The van der Waals surface area contributed by atoms with Crippen molar-refractivity contribution in [3.05, 3.63) is 96.6 Å². The maximum absolute atomic E-state index is 12.9. The van der Waals surface area contributed by atoms with Gasteiger partial charge in [-0.05, 0) is 55.0 Å². The molecule has 31 heavy (non-hydrogen) atoms. The molecule has 0 aliphatic carbocycles. The fourth-order valence-electron chi connectivity index (χ4n) is 3.22. The van der Waals surface area contributed by atoms with Crippen LogP contribution in [0.3, 0.4) is 0 Å². The molecule has 0 radical (unpaired) electrons. The Bertz CT molecular complexity index is 1140. The summed E-state index contributed by atoms with van der Waals surface area (Å²) in [5.41, 5.74) is 3.81. The number of aryl methyl sites for hydroxylation is 1. The third-order valence-corrected chi connectivity index (χ3v) is 4.73. The Labute approximate surface area is 180 Å². The van der Waals surface area contributed by atoms with Gasteiger partial charge in [0.15, 0.2) is 0 Å². The number of methoxy groups -OCH3 is 1. The zero-order valence-corrected chi connectivity index (χ0v) is 17.2. The summed E-state index contributed by atoms with van der Waals surface area (Å²) >= 11 is 0. The van der Waals surface area contributed by atoms with Gasteiger partial charge in [0.25, 0.3) is 5.91 Å². The van der Waals surface area contributed by atoms with E-state index in [0.29, 0.717) is 22.9 Å². The molecule has 0 unspecified atom stereocenters. The molecule has 0 spiro atoms. The molecule has 7 heteroatoms. The molecule has 7 nitrogen and oxygen atoms in total. The normalized spacial score (nSPS) is 10.4. The number of hydrogen-bond acceptors (Lipinski definition) is 6. The zero-order chi connectivity index (χ0) is 21.6. The van der Waals surface area contributed by atoms with Crippen LogP contribution in [0.2, 0.25) is 0 Å². The quantitative estimate of drug-likeness (QED) is 0.486. The number of nitrogens with zero attached hydrogens (tertiary/aromatic N) is 4. The van der Waals surface area contributed by atoms with Gasteiger partial charge in [-0.2, -0.15) is 0 Å². The summed E-state index contributed by atoms with van der Waals surface area (Å²) in [6.07, 6.45) is 6.82. The lowest BCUT2D eigenvalue weighted by molar-refractivity contribution is 0.102. The maximum Gasteiger partial charge on any atom is 0.259 e. The first-order chi connectivity index (χ1) is 15.2. The molecule has 1 N–H and O–H groups in total. The van der Waals surface area contributed by atoms with Crippen molar-refractivity contribution in [2.75, 3.05) is 17.3 Å². The predicted molar refractivity (Wildman–Crippen MR) is 120 cm³/mol. The van der Waals surface area contributed by atoms with Gasteiger partial charge >= 0.3 is 0 Å². The molecule has 2 heterocycles. The van der Waals surface area contributed by atoms with Crippen LogP contribution in [-0.4, -0.2) is 28.0 Å². The van der Waals surface area contributed by atoms with Crippen LogP contribution in [0.1, 0.15) is 15.9 Å². The maximum atomic E-state index is 12.9. The number of para-hydroxylation sites is 1. The Kier molecular flexibility index (Phi) is 5.84. The molecule has 0 atom stereocenters. The summed E-state index contributed by atoms with van der Waals surface area (Å²) in [5.74, 6) is 0.784. The molecule has 0 aliphatic rings. The number of rotatable bonds is 6. The minimum absolute atomic E-state index is 0.251. The highest BCUT2D eigenvalue weighted by atomic mass is 16.5. The van der Waals surface area contributed by atoms with Crippen LogP contribution in [0, 0.1) is 6.92 Å². The number of amides is 1. The van der Waals surface area contributed by atoms with Crippen molar-refractivity contribution >= 4 is 28.9 Å². The summed E-state index contributed by atoms with van der Waals surface area (Å²) in [7, 11) is 1.54. The lowest BCUT2D eigenvalue weighted by Crippen LogP contribution is -2.16. The van der Waals surface area contributed by atoms with Crippen LogP contribution in [0.25, 0.3) is 0 Å². The summed E-state index contributed by atoms with van der Waals surface area (Å²) in [6.45, 7) is 2.00. The molecule has 0 aliphatic heterocycles. The van der Waals surface area contributed by atoms with Crippen LogP contribution >= 0.6 is 0 Å².